The molecule has 4 rings (SSSR count). The number of rotatable bonds is 4. The van der Waals surface area contributed by atoms with E-state index in [-0.39, 0.29) is 5.91 Å². The number of hydrogen-bond acceptors (Lipinski definition) is 3. The van der Waals surface area contributed by atoms with E-state index >= 15 is 0 Å². The average molecular weight is 369 g/mol. The molecular weight excluding hydrogens is 340 g/mol. The zero-order valence-corrected chi connectivity index (χ0v) is 16.5. The van der Waals surface area contributed by atoms with Gasteiger partial charge in [-0.2, -0.15) is 0 Å². The average Bonchev–Trinajstić information content (AvgIpc) is 2.91. The minimum atomic E-state index is 0.284. The largest absolute Gasteiger partial charge is 0.311 e. The molecule has 1 amide bonds. The minimum absolute atomic E-state index is 0.284. The van der Waals surface area contributed by atoms with E-state index in [0.29, 0.717) is 6.42 Å². The maximum absolute atomic E-state index is 12.7. The first kappa shape index (κ1) is 17.7. The summed E-state index contributed by atoms with van der Waals surface area (Å²) in [5.41, 5.74) is 4.98. The van der Waals surface area contributed by atoms with Gasteiger partial charge < -0.3 is 9.80 Å². The monoisotopic (exact) mass is 368 g/mol. The van der Waals surface area contributed by atoms with E-state index in [1.165, 1.54) is 60.3 Å². The molecule has 0 N–H and O–H groups in total. The molecule has 0 unspecified atom stereocenters. The lowest BCUT2D eigenvalue weighted by Crippen LogP contribution is -2.41. The maximum Gasteiger partial charge on any atom is 0.227 e. The van der Waals surface area contributed by atoms with Crippen molar-refractivity contribution in [1.29, 1.82) is 0 Å². The zero-order valence-electron chi connectivity index (χ0n) is 15.7. The van der Waals surface area contributed by atoms with Gasteiger partial charge in [-0.15, -0.1) is 11.3 Å². The first-order valence-electron chi connectivity index (χ1n) is 9.92. The summed E-state index contributed by atoms with van der Waals surface area (Å²) < 4.78 is 0. The Bertz CT molecular complexity index is 774. The molecule has 138 valence electrons. The zero-order chi connectivity index (χ0) is 17.9. The van der Waals surface area contributed by atoms with Crippen LogP contribution in [0.4, 0.5) is 5.69 Å². The molecule has 0 bridgehead atoms. The molecule has 1 aromatic carbocycles. The fraction of sp³-hybridized carbons (Fsp3) is 0.500. The van der Waals surface area contributed by atoms with Gasteiger partial charge in [-0.05, 0) is 73.5 Å². The van der Waals surface area contributed by atoms with Crippen LogP contribution in [-0.4, -0.2) is 37.0 Å². The third kappa shape index (κ3) is 3.72. The molecule has 0 saturated carbocycles. The number of aryl methyl sites for hydroxylation is 2. The van der Waals surface area contributed by atoms with Gasteiger partial charge in [-0.25, -0.2) is 0 Å². The van der Waals surface area contributed by atoms with E-state index in [2.05, 4.69) is 46.4 Å². The first-order chi connectivity index (χ1) is 12.7. The van der Waals surface area contributed by atoms with E-state index in [0.717, 1.165) is 25.2 Å². The number of amides is 1. The number of nitrogens with zero attached hydrogens (tertiary/aromatic N) is 2. The van der Waals surface area contributed by atoms with E-state index in [1.54, 1.807) is 11.3 Å². The van der Waals surface area contributed by atoms with Crippen molar-refractivity contribution in [3.63, 3.8) is 0 Å². The van der Waals surface area contributed by atoms with Crippen LogP contribution in [0.2, 0.25) is 0 Å². The highest BCUT2D eigenvalue weighted by Crippen LogP contribution is 2.35. The molecule has 3 heterocycles. The molecule has 2 aliphatic heterocycles. The van der Waals surface area contributed by atoms with Crippen molar-refractivity contribution in [1.82, 2.24) is 4.90 Å². The lowest BCUT2D eigenvalue weighted by molar-refractivity contribution is -0.118. The smallest absolute Gasteiger partial charge is 0.227 e. The van der Waals surface area contributed by atoms with Crippen LogP contribution in [0.5, 0.6) is 0 Å². The van der Waals surface area contributed by atoms with Gasteiger partial charge in [-0.1, -0.05) is 25.0 Å². The van der Waals surface area contributed by atoms with Crippen LogP contribution >= 0.6 is 11.3 Å². The third-order valence-corrected chi connectivity index (χ3v) is 6.64. The molecule has 0 aliphatic carbocycles. The highest BCUT2D eigenvalue weighted by Gasteiger charge is 2.25. The molecule has 26 heavy (non-hydrogen) atoms. The summed E-state index contributed by atoms with van der Waals surface area (Å²) in [6, 6.07) is 8.88. The molecule has 1 saturated heterocycles. The van der Waals surface area contributed by atoms with E-state index in [9.17, 15) is 4.79 Å². The molecule has 1 fully saturated rings. The number of thiophene rings is 1. The van der Waals surface area contributed by atoms with Crippen molar-refractivity contribution < 1.29 is 4.79 Å². The Balaban J connectivity index is 1.56. The number of fused-ring (bicyclic) bond motifs is 1. The Morgan fingerprint density at radius 3 is 2.54 bits per heavy atom. The standard InChI is InChI=1S/C22H28N2OS/c1-17-20(10-15-26-17)19-7-6-18-8-9-22(25)24(21(18)16-19)14-13-23-11-4-2-3-5-12-23/h6-7,10,15-16H,2-5,8-9,11-14H2,1H3. The van der Waals surface area contributed by atoms with Crippen LogP contribution in [0.15, 0.2) is 29.6 Å². The fourth-order valence-corrected chi connectivity index (χ4v) is 4.96. The van der Waals surface area contributed by atoms with Crippen LogP contribution in [0.1, 0.15) is 42.5 Å². The van der Waals surface area contributed by atoms with Gasteiger partial charge in [0, 0.05) is 30.1 Å². The Morgan fingerprint density at radius 2 is 1.81 bits per heavy atom. The maximum atomic E-state index is 12.7. The molecule has 4 heteroatoms. The highest BCUT2D eigenvalue weighted by molar-refractivity contribution is 7.10. The second-order valence-corrected chi connectivity index (χ2v) is 8.66. The van der Waals surface area contributed by atoms with Gasteiger partial charge in [0.05, 0.1) is 0 Å². The Kier molecular flexibility index (Phi) is 5.41. The normalized spacial score (nSPS) is 18.7. The van der Waals surface area contributed by atoms with Crippen LogP contribution in [0.25, 0.3) is 11.1 Å². The van der Waals surface area contributed by atoms with Crippen LogP contribution in [-0.2, 0) is 11.2 Å². The molecule has 3 nitrogen and oxygen atoms in total. The molecule has 2 aromatic rings. The van der Waals surface area contributed by atoms with Gasteiger partial charge in [0.25, 0.3) is 0 Å². The summed E-state index contributed by atoms with van der Waals surface area (Å²) in [6.07, 6.45) is 6.82. The van der Waals surface area contributed by atoms with Crippen molar-refractivity contribution in [2.24, 2.45) is 0 Å². The second-order valence-electron chi connectivity index (χ2n) is 7.54. The SMILES string of the molecule is Cc1sccc1-c1ccc2c(c1)N(CCN1CCCCCC1)C(=O)CC2. The molecule has 0 spiro atoms. The summed E-state index contributed by atoms with van der Waals surface area (Å²) in [7, 11) is 0. The number of benzene rings is 1. The summed E-state index contributed by atoms with van der Waals surface area (Å²) in [4.78, 5) is 18.6. The Morgan fingerprint density at radius 1 is 1.00 bits per heavy atom. The van der Waals surface area contributed by atoms with E-state index < -0.39 is 0 Å². The molecule has 0 atom stereocenters. The molecular formula is C22H28N2OS. The number of hydrogen-bond donors (Lipinski definition) is 0. The lowest BCUT2D eigenvalue weighted by Gasteiger charge is -2.32. The molecule has 2 aliphatic rings. The predicted molar refractivity (Wildman–Crippen MR) is 110 cm³/mol. The van der Waals surface area contributed by atoms with Crippen molar-refractivity contribution in [3.8, 4) is 11.1 Å². The second kappa shape index (κ2) is 7.93. The summed E-state index contributed by atoms with van der Waals surface area (Å²) in [5.74, 6) is 0.284. The number of carbonyl (C=O) groups excluding carboxylic acids is 1. The van der Waals surface area contributed by atoms with E-state index in [4.69, 9.17) is 0 Å². The Hall–Kier alpha value is -1.65. The van der Waals surface area contributed by atoms with Crippen LogP contribution < -0.4 is 4.90 Å². The van der Waals surface area contributed by atoms with Gasteiger partial charge >= 0.3 is 0 Å². The van der Waals surface area contributed by atoms with Gasteiger partial charge in [0.2, 0.25) is 5.91 Å². The quantitative estimate of drug-likeness (QED) is 0.768. The van der Waals surface area contributed by atoms with Gasteiger partial charge in [0.15, 0.2) is 0 Å². The van der Waals surface area contributed by atoms with Gasteiger partial charge in [0.1, 0.15) is 0 Å². The molecule has 1 aromatic heterocycles. The predicted octanol–water partition coefficient (Wildman–Crippen LogP) is 4.88. The number of likely N-dealkylation sites (tertiary alicyclic amines) is 1. The summed E-state index contributed by atoms with van der Waals surface area (Å²) in [6.45, 7) is 6.35. The van der Waals surface area contributed by atoms with Crippen molar-refractivity contribution in [3.05, 3.63) is 40.1 Å². The van der Waals surface area contributed by atoms with Gasteiger partial charge in [-0.3, -0.25) is 4.79 Å². The third-order valence-electron chi connectivity index (χ3n) is 5.79. The summed E-state index contributed by atoms with van der Waals surface area (Å²) >= 11 is 1.78. The number of carbonyl (C=O) groups is 1. The fourth-order valence-electron chi connectivity index (χ4n) is 4.24. The Labute approximate surface area is 160 Å². The topological polar surface area (TPSA) is 23.6 Å². The first-order valence-corrected chi connectivity index (χ1v) is 10.8. The van der Waals surface area contributed by atoms with Crippen LogP contribution in [0, 0.1) is 6.92 Å². The number of anilines is 1. The van der Waals surface area contributed by atoms with Crippen molar-refractivity contribution in [2.75, 3.05) is 31.1 Å². The van der Waals surface area contributed by atoms with Crippen molar-refractivity contribution in [2.45, 2.75) is 45.4 Å². The molecule has 0 radical (unpaired) electrons. The summed E-state index contributed by atoms with van der Waals surface area (Å²) in [5, 5.41) is 2.15. The lowest BCUT2D eigenvalue weighted by atomic mass is 9.96. The van der Waals surface area contributed by atoms with Crippen LogP contribution in [0.3, 0.4) is 0 Å². The highest BCUT2D eigenvalue weighted by atomic mass is 32.1. The van der Waals surface area contributed by atoms with E-state index in [1.807, 2.05) is 0 Å². The minimum Gasteiger partial charge on any atom is -0.311 e. The van der Waals surface area contributed by atoms with Crippen molar-refractivity contribution >= 4 is 22.9 Å².